The number of aliphatic carboxylic acids is 1. The third-order valence-electron chi connectivity index (χ3n) is 3.91. The summed E-state index contributed by atoms with van der Waals surface area (Å²) < 4.78 is 10.5. The molecule has 0 saturated carbocycles. The molecule has 21 heavy (non-hydrogen) atoms. The van der Waals surface area contributed by atoms with Gasteiger partial charge in [-0.25, -0.2) is 0 Å². The zero-order valence-electron chi connectivity index (χ0n) is 11.7. The van der Waals surface area contributed by atoms with Crippen molar-refractivity contribution in [1.82, 2.24) is 15.0 Å². The summed E-state index contributed by atoms with van der Waals surface area (Å²) in [7, 11) is 0. The van der Waals surface area contributed by atoms with Crippen LogP contribution >= 0.6 is 0 Å². The summed E-state index contributed by atoms with van der Waals surface area (Å²) in [5.74, 6) is 0.560. The topological polar surface area (TPSA) is 92.6 Å². The molecule has 0 radical (unpaired) electrons. The third-order valence-corrected chi connectivity index (χ3v) is 3.91. The van der Waals surface area contributed by atoms with Crippen LogP contribution in [0.4, 0.5) is 0 Å². The Bertz CT molecular complexity index is 608. The van der Waals surface area contributed by atoms with Crippen LogP contribution in [0, 0.1) is 5.92 Å². The first-order valence-corrected chi connectivity index (χ1v) is 6.97. The van der Waals surface area contributed by atoms with Crippen LogP contribution in [0.5, 0.6) is 0 Å². The van der Waals surface area contributed by atoms with Crippen LogP contribution in [0.3, 0.4) is 0 Å². The molecule has 2 aromatic heterocycles. The van der Waals surface area contributed by atoms with E-state index in [0.717, 1.165) is 6.54 Å². The highest BCUT2D eigenvalue weighted by atomic mass is 16.5. The van der Waals surface area contributed by atoms with Gasteiger partial charge in [-0.1, -0.05) is 5.16 Å². The molecule has 1 aliphatic heterocycles. The van der Waals surface area contributed by atoms with Crippen LogP contribution in [0.1, 0.15) is 25.7 Å². The standard InChI is InChI=1S/C14H17N3O4/c1-9-7-10(14(18)19)4-5-17(9)8-12-15-13(16-21-12)11-3-2-6-20-11/h2-3,6,9-10H,4-5,7-8H2,1H3,(H,18,19). The lowest BCUT2D eigenvalue weighted by Crippen LogP contribution is -2.42. The smallest absolute Gasteiger partial charge is 0.306 e. The first-order chi connectivity index (χ1) is 10.1. The minimum Gasteiger partial charge on any atom is -0.481 e. The number of hydrogen-bond donors (Lipinski definition) is 1. The van der Waals surface area contributed by atoms with Gasteiger partial charge >= 0.3 is 5.97 Å². The largest absolute Gasteiger partial charge is 0.481 e. The molecule has 0 spiro atoms. The molecule has 0 aliphatic carbocycles. The van der Waals surface area contributed by atoms with Gasteiger partial charge in [0.05, 0.1) is 18.7 Å². The highest BCUT2D eigenvalue weighted by Gasteiger charge is 2.30. The molecule has 7 nitrogen and oxygen atoms in total. The number of rotatable bonds is 4. The summed E-state index contributed by atoms with van der Waals surface area (Å²) in [5, 5.41) is 13.0. The number of nitrogens with zero attached hydrogens (tertiary/aromatic N) is 3. The van der Waals surface area contributed by atoms with E-state index in [4.69, 9.17) is 14.0 Å². The zero-order valence-corrected chi connectivity index (χ0v) is 11.7. The maximum Gasteiger partial charge on any atom is 0.306 e. The van der Waals surface area contributed by atoms with Gasteiger partial charge in [0.25, 0.3) is 0 Å². The molecule has 1 aliphatic rings. The van der Waals surface area contributed by atoms with E-state index in [0.29, 0.717) is 36.9 Å². The average Bonchev–Trinajstić information content (AvgIpc) is 3.11. The quantitative estimate of drug-likeness (QED) is 0.921. The summed E-state index contributed by atoms with van der Waals surface area (Å²) in [5.41, 5.74) is 0. The second-order valence-electron chi connectivity index (χ2n) is 5.37. The minimum absolute atomic E-state index is 0.179. The van der Waals surface area contributed by atoms with Crippen LogP contribution in [-0.4, -0.2) is 38.7 Å². The van der Waals surface area contributed by atoms with E-state index in [2.05, 4.69) is 15.0 Å². The van der Waals surface area contributed by atoms with Crippen molar-refractivity contribution in [2.75, 3.05) is 6.54 Å². The highest BCUT2D eigenvalue weighted by molar-refractivity contribution is 5.70. The van der Waals surface area contributed by atoms with Crippen molar-refractivity contribution in [2.24, 2.45) is 5.92 Å². The monoisotopic (exact) mass is 291 g/mol. The summed E-state index contributed by atoms with van der Waals surface area (Å²) in [6.45, 7) is 3.27. The molecular formula is C14H17N3O4. The Morgan fingerprint density at radius 1 is 1.57 bits per heavy atom. The number of hydrogen-bond acceptors (Lipinski definition) is 6. The van der Waals surface area contributed by atoms with Gasteiger partial charge in [0, 0.05) is 6.04 Å². The van der Waals surface area contributed by atoms with E-state index in [1.54, 1.807) is 18.4 Å². The molecule has 1 saturated heterocycles. The molecule has 1 fully saturated rings. The number of carbonyl (C=O) groups is 1. The van der Waals surface area contributed by atoms with Gasteiger partial charge in [0.1, 0.15) is 0 Å². The highest BCUT2D eigenvalue weighted by Crippen LogP contribution is 2.25. The van der Waals surface area contributed by atoms with E-state index in [1.807, 2.05) is 6.92 Å². The van der Waals surface area contributed by atoms with Crippen molar-refractivity contribution >= 4 is 5.97 Å². The summed E-state index contributed by atoms with van der Waals surface area (Å²) in [4.78, 5) is 17.5. The Hall–Kier alpha value is -2.15. The van der Waals surface area contributed by atoms with Crippen LogP contribution in [0.15, 0.2) is 27.3 Å². The first-order valence-electron chi connectivity index (χ1n) is 6.97. The molecule has 2 aromatic rings. The maximum absolute atomic E-state index is 11.0. The fourth-order valence-corrected chi connectivity index (χ4v) is 2.68. The Kier molecular flexibility index (Phi) is 3.74. The molecule has 1 N–H and O–H groups in total. The fraction of sp³-hybridized carbons (Fsp3) is 0.500. The number of aromatic nitrogens is 2. The van der Waals surface area contributed by atoms with E-state index in [9.17, 15) is 4.79 Å². The molecule has 2 atom stereocenters. The van der Waals surface area contributed by atoms with Crippen LogP contribution in [-0.2, 0) is 11.3 Å². The van der Waals surface area contributed by atoms with Gasteiger partial charge < -0.3 is 14.0 Å². The molecule has 0 bridgehead atoms. The maximum atomic E-state index is 11.0. The number of carboxylic acids is 1. The second-order valence-corrected chi connectivity index (χ2v) is 5.37. The van der Waals surface area contributed by atoms with Crippen molar-refractivity contribution < 1.29 is 18.8 Å². The van der Waals surface area contributed by atoms with Crippen LogP contribution in [0.2, 0.25) is 0 Å². The van der Waals surface area contributed by atoms with Crippen molar-refractivity contribution in [3.05, 3.63) is 24.3 Å². The van der Waals surface area contributed by atoms with E-state index < -0.39 is 5.97 Å². The van der Waals surface area contributed by atoms with Gasteiger partial charge in [0.2, 0.25) is 11.7 Å². The predicted octanol–water partition coefficient (Wildman–Crippen LogP) is 2.01. The molecule has 0 amide bonds. The van der Waals surface area contributed by atoms with E-state index >= 15 is 0 Å². The van der Waals surface area contributed by atoms with Gasteiger partial charge in [-0.2, -0.15) is 4.98 Å². The molecule has 0 aromatic carbocycles. The number of carboxylic acid groups (broad SMARTS) is 1. The van der Waals surface area contributed by atoms with Gasteiger partial charge in [0.15, 0.2) is 5.76 Å². The van der Waals surface area contributed by atoms with Crippen molar-refractivity contribution in [3.8, 4) is 11.6 Å². The van der Waals surface area contributed by atoms with Crippen molar-refractivity contribution in [1.29, 1.82) is 0 Å². The lowest BCUT2D eigenvalue weighted by molar-refractivity contribution is -0.144. The summed E-state index contributed by atoms with van der Waals surface area (Å²) in [6, 6.07) is 3.72. The number of piperidine rings is 1. The molecular weight excluding hydrogens is 274 g/mol. The Labute approximate surface area is 121 Å². The first kappa shape index (κ1) is 13.8. The lowest BCUT2D eigenvalue weighted by atomic mass is 9.92. The van der Waals surface area contributed by atoms with Crippen LogP contribution < -0.4 is 0 Å². The normalized spacial score (nSPS) is 23.3. The van der Waals surface area contributed by atoms with E-state index in [1.165, 1.54) is 0 Å². The summed E-state index contributed by atoms with van der Waals surface area (Å²) in [6.07, 6.45) is 2.86. The van der Waals surface area contributed by atoms with Gasteiger partial charge in [-0.3, -0.25) is 9.69 Å². The summed E-state index contributed by atoms with van der Waals surface area (Å²) >= 11 is 0. The van der Waals surface area contributed by atoms with Gasteiger partial charge in [-0.15, -0.1) is 0 Å². The molecule has 2 unspecified atom stereocenters. The minimum atomic E-state index is -0.709. The lowest BCUT2D eigenvalue weighted by Gasteiger charge is -2.35. The second kappa shape index (κ2) is 5.69. The van der Waals surface area contributed by atoms with Crippen molar-refractivity contribution in [2.45, 2.75) is 32.4 Å². The number of furan rings is 1. The fourth-order valence-electron chi connectivity index (χ4n) is 2.68. The Morgan fingerprint density at radius 2 is 2.43 bits per heavy atom. The third kappa shape index (κ3) is 2.97. The Balaban J connectivity index is 1.63. The molecule has 7 heteroatoms. The zero-order chi connectivity index (χ0) is 14.8. The van der Waals surface area contributed by atoms with Gasteiger partial charge in [-0.05, 0) is 38.4 Å². The SMILES string of the molecule is CC1CC(C(=O)O)CCN1Cc1nc(-c2ccco2)no1. The predicted molar refractivity (Wildman–Crippen MR) is 72.2 cm³/mol. The average molecular weight is 291 g/mol. The van der Waals surface area contributed by atoms with Crippen LogP contribution in [0.25, 0.3) is 11.6 Å². The molecule has 3 heterocycles. The van der Waals surface area contributed by atoms with Crippen molar-refractivity contribution in [3.63, 3.8) is 0 Å². The molecule has 3 rings (SSSR count). The Morgan fingerprint density at radius 3 is 3.10 bits per heavy atom. The number of likely N-dealkylation sites (tertiary alicyclic amines) is 1. The molecule has 112 valence electrons. The van der Waals surface area contributed by atoms with E-state index in [-0.39, 0.29) is 12.0 Å².